The number of nitrogens with one attached hydrogen (secondary N) is 2. The third-order valence-electron chi connectivity index (χ3n) is 2.77. The highest BCUT2D eigenvalue weighted by atomic mass is 16.2. The molecule has 0 fully saturated rings. The molecule has 0 bridgehead atoms. The minimum atomic E-state index is -0.589. The number of anilines is 1. The third-order valence-corrected chi connectivity index (χ3v) is 2.77. The highest BCUT2D eigenvalue weighted by Gasteiger charge is 2.28. The Labute approximate surface area is 110 Å². The summed E-state index contributed by atoms with van der Waals surface area (Å²) in [5, 5.41) is 5.25. The summed E-state index contributed by atoms with van der Waals surface area (Å²) in [5.74, 6) is -1.15. The van der Waals surface area contributed by atoms with E-state index in [1.54, 1.807) is 12.1 Å². The molecule has 0 saturated heterocycles. The van der Waals surface area contributed by atoms with Gasteiger partial charge in [0.15, 0.2) is 0 Å². The molecule has 0 aliphatic carbocycles. The van der Waals surface area contributed by atoms with Crippen LogP contribution in [-0.4, -0.2) is 24.1 Å². The highest BCUT2D eigenvalue weighted by Crippen LogP contribution is 2.27. The van der Waals surface area contributed by atoms with Gasteiger partial charge in [-0.25, -0.2) is 0 Å². The van der Waals surface area contributed by atoms with Crippen LogP contribution in [0.3, 0.4) is 0 Å². The fourth-order valence-electron chi connectivity index (χ4n) is 1.87. The first-order valence-corrected chi connectivity index (χ1v) is 5.99. The first kappa shape index (κ1) is 13.0. The first-order valence-electron chi connectivity index (χ1n) is 5.99. The van der Waals surface area contributed by atoms with Crippen molar-refractivity contribution in [3.63, 3.8) is 0 Å². The van der Waals surface area contributed by atoms with Gasteiger partial charge in [-0.15, -0.1) is 0 Å². The monoisotopic (exact) mass is 258 g/mol. The molecule has 0 saturated carbocycles. The Hall–Kier alpha value is -2.43. The summed E-state index contributed by atoms with van der Waals surface area (Å²) in [6, 6.07) is 5.20. The molecule has 1 aliphatic heterocycles. The quantitative estimate of drug-likeness (QED) is 0.632. The van der Waals surface area contributed by atoms with E-state index in [-0.39, 0.29) is 5.91 Å². The van der Waals surface area contributed by atoms with Gasteiger partial charge in [-0.1, -0.05) is 24.3 Å². The van der Waals surface area contributed by atoms with E-state index in [0.717, 1.165) is 5.56 Å². The predicted octanol–water partition coefficient (Wildman–Crippen LogP) is 1.36. The van der Waals surface area contributed by atoms with Crippen molar-refractivity contribution >= 4 is 29.4 Å². The minimum absolute atomic E-state index is 0.0631. The zero-order chi connectivity index (χ0) is 13.8. The molecule has 0 aromatic heterocycles. The summed E-state index contributed by atoms with van der Waals surface area (Å²) in [7, 11) is 0. The number of Topliss-reactive ketones (excluding diaryl/α,β-unsaturated/α-hetero) is 1. The summed E-state index contributed by atoms with van der Waals surface area (Å²) in [6.45, 7) is 2.03. The molecule has 5 heteroatoms. The Morgan fingerprint density at radius 1 is 1.37 bits per heavy atom. The predicted molar refractivity (Wildman–Crippen MR) is 71.7 cm³/mol. The molecule has 2 N–H and O–H groups in total. The second-order valence-corrected chi connectivity index (χ2v) is 4.23. The van der Waals surface area contributed by atoms with Crippen molar-refractivity contribution in [1.82, 2.24) is 5.32 Å². The molecule has 5 nitrogen and oxygen atoms in total. The lowest BCUT2D eigenvalue weighted by atomic mass is 10.1. The van der Waals surface area contributed by atoms with Gasteiger partial charge in [0.25, 0.3) is 11.7 Å². The second kappa shape index (κ2) is 5.48. The zero-order valence-electron chi connectivity index (χ0n) is 10.5. The zero-order valence-corrected chi connectivity index (χ0v) is 10.5. The molecule has 2 rings (SSSR count). The van der Waals surface area contributed by atoms with Crippen molar-refractivity contribution in [2.24, 2.45) is 0 Å². The standard InChI is InChI=1S/C14H14N2O3/c1-9(17)15-8-3-2-5-10-6-4-7-11-12(10)16-14(19)13(11)18/h2,4-7H,3,8H2,1H3,(H,15,17)(H,16,18,19). The molecule has 1 heterocycles. The lowest BCUT2D eigenvalue weighted by molar-refractivity contribution is -0.119. The summed E-state index contributed by atoms with van der Waals surface area (Å²) >= 11 is 0. The number of rotatable bonds is 4. The molecule has 1 aromatic rings. The van der Waals surface area contributed by atoms with E-state index >= 15 is 0 Å². The highest BCUT2D eigenvalue weighted by molar-refractivity contribution is 6.52. The maximum atomic E-state index is 11.5. The summed E-state index contributed by atoms with van der Waals surface area (Å²) in [4.78, 5) is 33.5. The van der Waals surface area contributed by atoms with Crippen LogP contribution in [0, 0.1) is 0 Å². The van der Waals surface area contributed by atoms with Gasteiger partial charge in [0.1, 0.15) is 0 Å². The van der Waals surface area contributed by atoms with Crippen molar-refractivity contribution in [3.8, 4) is 0 Å². The molecule has 1 aliphatic rings. The van der Waals surface area contributed by atoms with Crippen LogP contribution < -0.4 is 10.6 Å². The van der Waals surface area contributed by atoms with Gasteiger partial charge in [0.2, 0.25) is 5.91 Å². The number of hydrogen-bond donors (Lipinski definition) is 2. The van der Waals surface area contributed by atoms with Crippen molar-refractivity contribution in [2.45, 2.75) is 13.3 Å². The third kappa shape index (κ3) is 2.88. The van der Waals surface area contributed by atoms with Gasteiger partial charge >= 0.3 is 0 Å². The molecule has 0 spiro atoms. The van der Waals surface area contributed by atoms with Crippen LogP contribution in [0.15, 0.2) is 24.3 Å². The summed E-state index contributed by atoms with van der Waals surface area (Å²) in [5.41, 5.74) is 1.77. The van der Waals surface area contributed by atoms with Crippen molar-refractivity contribution in [2.75, 3.05) is 11.9 Å². The Kier molecular flexibility index (Phi) is 3.75. The van der Waals surface area contributed by atoms with Gasteiger partial charge < -0.3 is 10.6 Å². The number of carbonyl (C=O) groups excluding carboxylic acids is 3. The van der Waals surface area contributed by atoms with Gasteiger partial charge in [-0.3, -0.25) is 14.4 Å². The second-order valence-electron chi connectivity index (χ2n) is 4.23. The number of para-hydroxylation sites is 1. The fraction of sp³-hybridized carbons (Fsp3) is 0.214. The van der Waals surface area contributed by atoms with E-state index in [9.17, 15) is 14.4 Å². The lowest BCUT2D eigenvalue weighted by Gasteiger charge is -2.02. The SMILES string of the molecule is CC(=O)NCCC=Cc1cccc2c1NC(=O)C2=O. The van der Waals surface area contributed by atoms with Crippen LogP contribution in [0.2, 0.25) is 0 Å². The number of fused-ring (bicyclic) bond motifs is 1. The van der Waals surface area contributed by atoms with Crippen molar-refractivity contribution < 1.29 is 14.4 Å². The number of hydrogen-bond acceptors (Lipinski definition) is 3. The van der Waals surface area contributed by atoms with Gasteiger partial charge in [0, 0.05) is 13.5 Å². The van der Waals surface area contributed by atoms with Gasteiger partial charge in [0.05, 0.1) is 11.3 Å². The molecule has 0 radical (unpaired) electrons. The van der Waals surface area contributed by atoms with Gasteiger partial charge in [-0.05, 0) is 18.1 Å². The minimum Gasteiger partial charge on any atom is -0.356 e. The van der Waals surface area contributed by atoms with Crippen molar-refractivity contribution in [1.29, 1.82) is 0 Å². The summed E-state index contributed by atoms with van der Waals surface area (Å²) in [6.07, 6.45) is 4.41. The smallest absolute Gasteiger partial charge is 0.296 e. The number of carbonyl (C=O) groups is 3. The Balaban J connectivity index is 2.07. The van der Waals surface area contributed by atoms with E-state index in [1.807, 2.05) is 18.2 Å². The van der Waals surface area contributed by atoms with E-state index < -0.39 is 11.7 Å². The van der Waals surface area contributed by atoms with Crippen LogP contribution in [0.25, 0.3) is 6.08 Å². The fourth-order valence-corrected chi connectivity index (χ4v) is 1.87. The van der Waals surface area contributed by atoms with E-state index in [1.165, 1.54) is 6.92 Å². The van der Waals surface area contributed by atoms with Crippen LogP contribution in [0.4, 0.5) is 5.69 Å². The van der Waals surface area contributed by atoms with E-state index in [0.29, 0.717) is 24.2 Å². The molecule has 0 unspecified atom stereocenters. The first-order chi connectivity index (χ1) is 9.09. The number of benzene rings is 1. The normalized spacial score (nSPS) is 13.5. The Bertz CT molecular complexity index is 576. The lowest BCUT2D eigenvalue weighted by Crippen LogP contribution is -2.20. The van der Waals surface area contributed by atoms with Crippen LogP contribution in [0.1, 0.15) is 29.3 Å². The molecule has 98 valence electrons. The van der Waals surface area contributed by atoms with Crippen molar-refractivity contribution in [3.05, 3.63) is 35.4 Å². The number of amides is 2. The maximum absolute atomic E-state index is 11.5. The summed E-state index contributed by atoms with van der Waals surface area (Å²) < 4.78 is 0. The van der Waals surface area contributed by atoms with Crippen LogP contribution >= 0.6 is 0 Å². The molecule has 0 atom stereocenters. The largest absolute Gasteiger partial charge is 0.356 e. The average molecular weight is 258 g/mol. The Morgan fingerprint density at radius 3 is 2.89 bits per heavy atom. The van der Waals surface area contributed by atoms with Crippen LogP contribution in [-0.2, 0) is 9.59 Å². The molecular weight excluding hydrogens is 244 g/mol. The molecule has 19 heavy (non-hydrogen) atoms. The Morgan fingerprint density at radius 2 is 2.16 bits per heavy atom. The number of ketones is 1. The van der Waals surface area contributed by atoms with E-state index in [4.69, 9.17) is 0 Å². The maximum Gasteiger partial charge on any atom is 0.296 e. The van der Waals surface area contributed by atoms with E-state index in [2.05, 4.69) is 10.6 Å². The average Bonchev–Trinajstić information content (AvgIpc) is 2.66. The molecular formula is C14H14N2O3. The topological polar surface area (TPSA) is 75.3 Å². The van der Waals surface area contributed by atoms with Gasteiger partial charge in [-0.2, -0.15) is 0 Å². The van der Waals surface area contributed by atoms with Crippen LogP contribution in [0.5, 0.6) is 0 Å². The molecule has 1 aromatic carbocycles. The molecule has 2 amide bonds.